The van der Waals surface area contributed by atoms with Crippen LogP contribution in [0.25, 0.3) is 0 Å². The Morgan fingerprint density at radius 3 is 2.38 bits per heavy atom. The van der Waals surface area contributed by atoms with E-state index in [0.717, 1.165) is 48.3 Å². The lowest BCUT2D eigenvalue weighted by Gasteiger charge is -2.56. The summed E-state index contributed by atoms with van der Waals surface area (Å²) in [5, 5.41) is 9.03. The van der Waals surface area contributed by atoms with Gasteiger partial charge in [-0.1, -0.05) is 6.07 Å². The summed E-state index contributed by atoms with van der Waals surface area (Å²) in [5.74, 6) is 3.74. The highest BCUT2D eigenvalue weighted by molar-refractivity contribution is 5.78. The molecule has 3 amide bonds. The Hall–Kier alpha value is -2.44. The summed E-state index contributed by atoms with van der Waals surface area (Å²) in [4.78, 5) is 24.5. The lowest BCUT2D eigenvalue weighted by atomic mass is 9.53. The van der Waals surface area contributed by atoms with Crippen LogP contribution in [0.2, 0.25) is 0 Å². The molecule has 5 aliphatic rings. The van der Waals surface area contributed by atoms with Gasteiger partial charge in [0.25, 0.3) is 0 Å². The molecule has 4 fully saturated rings. The number of hydrogen-bond acceptors (Lipinski definition) is 4. The van der Waals surface area contributed by atoms with Crippen molar-refractivity contribution in [2.75, 3.05) is 13.3 Å². The molecule has 1 aromatic carbocycles. The molecule has 1 heterocycles. The molecular weight excluding hydrogens is 370 g/mol. The van der Waals surface area contributed by atoms with E-state index in [0.29, 0.717) is 18.8 Å². The van der Waals surface area contributed by atoms with E-state index in [4.69, 9.17) is 9.47 Å². The van der Waals surface area contributed by atoms with Gasteiger partial charge in [0.1, 0.15) is 0 Å². The van der Waals surface area contributed by atoms with Crippen LogP contribution in [0.4, 0.5) is 4.79 Å². The second-order valence-electron chi connectivity index (χ2n) is 9.29. The molecule has 4 bridgehead atoms. The molecule has 6 rings (SSSR count). The Kier molecular flexibility index (Phi) is 4.76. The second-order valence-corrected chi connectivity index (χ2v) is 9.29. The van der Waals surface area contributed by atoms with Gasteiger partial charge in [0.2, 0.25) is 12.7 Å². The zero-order valence-corrected chi connectivity index (χ0v) is 16.7. The van der Waals surface area contributed by atoms with Crippen LogP contribution in [0.1, 0.15) is 50.5 Å². The highest BCUT2D eigenvalue weighted by atomic mass is 16.7. The Bertz CT molecular complexity index is 774. The quantitative estimate of drug-likeness (QED) is 0.686. The minimum absolute atomic E-state index is 0.000442. The average molecular weight is 399 g/mol. The SMILES string of the molecule is O=C(CCNC(=O)NC12CC3CC(CC(C3)C1)C2)NCc1ccc2c(c1)OCO2. The molecule has 0 unspecified atom stereocenters. The third kappa shape index (κ3) is 4.00. The van der Waals surface area contributed by atoms with Crippen molar-refractivity contribution < 1.29 is 19.1 Å². The predicted octanol–water partition coefficient (Wildman–Crippen LogP) is 2.69. The number of hydrogen-bond donors (Lipinski definition) is 3. The van der Waals surface area contributed by atoms with E-state index < -0.39 is 0 Å². The number of amides is 3. The first-order valence-electron chi connectivity index (χ1n) is 10.8. The van der Waals surface area contributed by atoms with E-state index in [1.165, 1.54) is 19.3 Å². The lowest BCUT2D eigenvalue weighted by molar-refractivity contribution is -0.121. The van der Waals surface area contributed by atoms with Crippen LogP contribution in [0.15, 0.2) is 18.2 Å². The van der Waals surface area contributed by atoms with Crippen molar-refractivity contribution in [2.24, 2.45) is 17.8 Å². The summed E-state index contributed by atoms with van der Waals surface area (Å²) < 4.78 is 10.6. The van der Waals surface area contributed by atoms with Gasteiger partial charge >= 0.3 is 6.03 Å². The monoisotopic (exact) mass is 399 g/mol. The molecule has 7 nitrogen and oxygen atoms in total. The molecule has 0 radical (unpaired) electrons. The van der Waals surface area contributed by atoms with E-state index >= 15 is 0 Å². The molecule has 0 atom stereocenters. The minimum atomic E-state index is -0.129. The average Bonchev–Trinajstić information content (AvgIpc) is 3.12. The maximum Gasteiger partial charge on any atom is 0.315 e. The van der Waals surface area contributed by atoms with Crippen molar-refractivity contribution in [3.8, 4) is 11.5 Å². The number of nitrogens with one attached hydrogen (secondary N) is 3. The number of carbonyl (C=O) groups excluding carboxylic acids is 2. The fourth-order valence-corrected chi connectivity index (χ4v) is 6.18. The van der Waals surface area contributed by atoms with Crippen LogP contribution in [0.5, 0.6) is 11.5 Å². The van der Waals surface area contributed by atoms with Gasteiger partial charge in [-0.15, -0.1) is 0 Å². The maximum atomic E-state index is 12.4. The first-order chi connectivity index (χ1) is 14.1. The van der Waals surface area contributed by atoms with Gasteiger partial charge in [-0.25, -0.2) is 4.79 Å². The molecule has 0 aromatic heterocycles. The number of urea groups is 1. The van der Waals surface area contributed by atoms with Gasteiger partial charge < -0.3 is 25.4 Å². The van der Waals surface area contributed by atoms with Crippen LogP contribution in [0, 0.1) is 17.8 Å². The number of rotatable bonds is 6. The highest BCUT2D eigenvalue weighted by Crippen LogP contribution is 2.55. The first-order valence-corrected chi connectivity index (χ1v) is 10.8. The Morgan fingerprint density at radius 1 is 0.966 bits per heavy atom. The largest absolute Gasteiger partial charge is 0.454 e. The predicted molar refractivity (Wildman–Crippen MR) is 106 cm³/mol. The summed E-state index contributed by atoms with van der Waals surface area (Å²) in [6.07, 6.45) is 7.70. The number of carbonyl (C=O) groups is 2. The third-order valence-corrected chi connectivity index (χ3v) is 6.98. The minimum Gasteiger partial charge on any atom is -0.454 e. The summed E-state index contributed by atoms with van der Waals surface area (Å²) >= 11 is 0. The molecule has 1 aromatic rings. The van der Waals surface area contributed by atoms with E-state index in [1.807, 2.05) is 18.2 Å². The maximum absolute atomic E-state index is 12.4. The normalized spacial score (nSPS) is 30.8. The lowest BCUT2D eigenvalue weighted by Crippen LogP contribution is -2.61. The Balaban J connectivity index is 1.03. The summed E-state index contributed by atoms with van der Waals surface area (Å²) in [5.41, 5.74) is 0.954. The van der Waals surface area contributed by atoms with Crippen molar-refractivity contribution >= 4 is 11.9 Å². The third-order valence-electron chi connectivity index (χ3n) is 6.98. The standard InChI is InChI=1S/C22H29N3O4/c26-20(24-12-14-1-2-18-19(8-14)29-13-28-18)3-4-23-21(27)25-22-9-15-5-16(10-22)7-17(6-15)11-22/h1-2,8,15-17H,3-7,9-13H2,(H,24,26)(H2,23,25,27). The van der Waals surface area contributed by atoms with Crippen LogP contribution in [-0.4, -0.2) is 30.8 Å². The Morgan fingerprint density at radius 2 is 1.66 bits per heavy atom. The smallest absolute Gasteiger partial charge is 0.315 e. The molecule has 3 N–H and O–H groups in total. The van der Waals surface area contributed by atoms with Crippen molar-refractivity contribution in [1.29, 1.82) is 0 Å². The van der Waals surface area contributed by atoms with E-state index in [1.54, 1.807) is 0 Å². The molecule has 156 valence electrons. The molecule has 0 saturated heterocycles. The van der Waals surface area contributed by atoms with Gasteiger partial charge in [0.15, 0.2) is 11.5 Å². The molecule has 1 aliphatic heterocycles. The summed E-state index contributed by atoms with van der Waals surface area (Å²) in [6.45, 7) is 1.00. The molecule has 4 saturated carbocycles. The van der Waals surface area contributed by atoms with Crippen molar-refractivity contribution in [3.05, 3.63) is 23.8 Å². The van der Waals surface area contributed by atoms with Crippen molar-refractivity contribution in [2.45, 2.75) is 57.0 Å². The fourth-order valence-electron chi connectivity index (χ4n) is 6.18. The van der Waals surface area contributed by atoms with Gasteiger partial charge in [-0.3, -0.25) is 4.79 Å². The van der Waals surface area contributed by atoms with Crippen LogP contribution >= 0.6 is 0 Å². The van der Waals surface area contributed by atoms with Gasteiger partial charge in [-0.05, 0) is 74.0 Å². The molecular formula is C22H29N3O4. The van der Waals surface area contributed by atoms with Crippen molar-refractivity contribution in [3.63, 3.8) is 0 Å². The molecule has 4 aliphatic carbocycles. The molecule has 29 heavy (non-hydrogen) atoms. The molecule has 7 heteroatoms. The first kappa shape index (κ1) is 18.6. The second kappa shape index (κ2) is 7.43. The van der Waals surface area contributed by atoms with E-state index in [9.17, 15) is 9.59 Å². The van der Waals surface area contributed by atoms with Crippen LogP contribution < -0.4 is 25.4 Å². The zero-order chi connectivity index (χ0) is 19.8. The fraction of sp³-hybridized carbons (Fsp3) is 0.636. The van der Waals surface area contributed by atoms with Gasteiger partial charge in [-0.2, -0.15) is 0 Å². The number of ether oxygens (including phenoxy) is 2. The summed E-state index contributed by atoms with van der Waals surface area (Å²) in [7, 11) is 0. The number of benzene rings is 1. The topological polar surface area (TPSA) is 88.7 Å². The van der Waals surface area contributed by atoms with E-state index in [2.05, 4.69) is 16.0 Å². The van der Waals surface area contributed by atoms with E-state index in [-0.39, 0.29) is 30.7 Å². The highest BCUT2D eigenvalue weighted by Gasteiger charge is 2.51. The zero-order valence-electron chi connectivity index (χ0n) is 16.7. The molecule has 0 spiro atoms. The number of fused-ring (bicyclic) bond motifs is 1. The Labute approximate surface area is 170 Å². The van der Waals surface area contributed by atoms with Gasteiger partial charge in [0, 0.05) is 25.0 Å². The van der Waals surface area contributed by atoms with Crippen molar-refractivity contribution in [1.82, 2.24) is 16.0 Å². The summed E-state index contributed by atoms with van der Waals surface area (Å²) in [6, 6.07) is 5.50. The van der Waals surface area contributed by atoms with Crippen LogP contribution in [0.3, 0.4) is 0 Å². The van der Waals surface area contributed by atoms with Crippen LogP contribution in [-0.2, 0) is 11.3 Å². The van der Waals surface area contributed by atoms with Gasteiger partial charge in [0.05, 0.1) is 0 Å².